The zero-order valence-electron chi connectivity index (χ0n) is 15.5. The summed E-state index contributed by atoms with van der Waals surface area (Å²) in [5, 5.41) is 18.2. The average Bonchev–Trinajstić information content (AvgIpc) is 3.04. The molecule has 4 rings (SSSR count). The Balaban J connectivity index is 1.88. The zero-order chi connectivity index (χ0) is 19.8. The smallest absolute Gasteiger partial charge is 0.224 e. The van der Waals surface area contributed by atoms with E-state index in [1.54, 1.807) is 10.7 Å². The summed E-state index contributed by atoms with van der Waals surface area (Å²) >= 11 is 5.96. The van der Waals surface area contributed by atoms with E-state index < -0.39 is 0 Å². The maximum absolute atomic E-state index is 9.51. The second-order valence-corrected chi connectivity index (χ2v) is 6.83. The van der Waals surface area contributed by atoms with E-state index >= 15 is 0 Å². The molecule has 4 aromatic rings. The Kier molecular flexibility index (Phi) is 4.41. The number of para-hydroxylation sites is 1. The molecule has 1 aromatic carbocycles. The van der Waals surface area contributed by atoms with Gasteiger partial charge in [0.15, 0.2) is 11.6 Å². The van der Waals surface area contributed by atoms with Crippen LogP contribution in [0, 0.1) is 32.1 Å². The van der Waals surface area contributed by atoms with Crippen LogP contribution in [0.25, 0.3) is 16.7 Å². The highest BCUT2D eigenvalue weighted by atomic mass is 35.5. The van der Waals surface area contributed by atoms with Gasteiger partial charge in [-0.2, -0.15) is 15.0 Å². The molecule has 0 amide bonds. The van der Waals surface area contributed by atoms with Gasteiger partial charge in [0.1, 0.15) is 17.5 Å². The molecule has 8 heteroatoms. The number of nitrogens with one attached hydrogen (secondary N) is 1. The van der Waals surface area contributed by atoms with Crippen LogP contribution in [-0.2, 0) is 0 Å². The third kappa shape index (κ3) is 3.15. The molecule has 3 heterocycles. The van der Waals surface area contributed by atoms with Crippen molar-refractivity contribution in [3.05, 3.63) is 64.2 Å². The molecule has 0 radical (unpaired) electrons. The summed E-state index contributed by atoms with van der Waals surface area (Å²) in [6.07, 6.45) is 1.50. The fourth-order valence-corrected chi connectivity index (χ4v) is 3.32. The maximum atomic E-state index is 9.51. The van der Waals surface area contributed by atoms with Crippen molar-refractivity contribution in [3.63, 3.8) is 0 Å². The summed E-state index contributed by atoms with van der Waals surface area (Å²) in [4.78, 5) is 13.0. The number of rotatable bonds is 3. The van der Waals surface area contributed by atoms with Crippen LogP contribution in [0.4, 0.5) is 11.6 Å². The highest BCUT2D eigenvalue weighted by molar-refractivity contribution is 6.28. The first-order valence-corrected chi connectivity index (χ1v) is 8.97. The Labute approximate surface area is 166 Å². The number of nitriles is 1. The molecule has 3 aromatic heterocycles. The number of pyridine rings is 1. The Morgan fingerprint density at radius 3 is 2.64 bits per heavy atom. The first kappa shape index (κ1) is 17.9. The molecular formula is C20H16ClN7. The molecule has 0 aliphatic carbocycles. The standard InChI is InChI=1S/C20H16ClN7/c1-11-5-4-6-15-12(2)7-17(27-18(11)15)28-19(14(9-22)10-23-28)25-16-8-13(3)24-20(21)26-16/h4-8,10H,1-3H3,(H,24,25,26). The highest BCUT2D eigenvalue weighted by Gasteiger charge is 2.16. The van der Waals surface area contributed by atoms with Gasteiger partial charge in [-0.15, -0.1) is 0 Å². The minimum atomic E-state index is 0.127. The van der Waals surface area contributed by atoms with Crippen LogP contribution in [-0.4, -0.2) is 24.7 Å². The number of fused-ring (bicyclic) bond motifs is 1. The number of nitrogens with zero attached hydrogens (tertiary/aromatic N) is 6. The van der Waals surface area contributed by atoms with Crippen molar-refractivity contribution in [2.24, 2.45) is 0 Å². The Morgan fingerprint density at radius 1 is 1.07 bits per heavy atom. The third-order valence-corrected chi connectivity index (χ3v) is 4.58. The number of benzene rings is 1. The lowest BCUT2D eigenvalue weighted by molar-refractivity contribution is 0.857. The van der Waals surface area contributed by atoms with E-state index in [0.717, 1.165) is 22.0 Å². The van der Waals surface area contributed by atoms with Gasteiger partial charge in [-0.25, -0.2) is 15.0 Å². The normalized spacial score (nSPS) is 10.8. The van der Waals surface area contributed by atoms with E-state index in [0.29, 0.717) is 28.7 Å². The molecular weight excluding hydrogens is 374 g/mol. The average molecular weight is 390 g/mol. The van der Waals surface area contributed by atoms with Gasteiger partial charge in [0, 0.05) is 17.1 Å². The first-order chi connectivity index (χ1) is 13.5. The summed E-state index contributed by atoms with van der Waals surface area (Å²) in [6, 6.07) is 11.9. The summed E-state index contributed by atoms with van der Waals surface area (Å²) in [5.41, 5.74) is 4.13. The van der Waals surface area contributed by atoms with Gasteiger partial charge in [-0.1, -0.05) is 18.2 Å². The van der Waals surface area contributed by atoms with Crippen molar-refractivity contribution in [3.8, 4) is 11.9 Å². The van der Waals surface area contributed by atoms with Gasteiger partial charge in [-0.05, 0) is 49.6 Å². The van der Waals surface area contributed by atoms with Crippen LogP contribution in [0.3, 0.4) is 0 Å². The molecule has 0 fully saturated rings. The lowest BCUT2D eigenvalue weighted by Crippen LogP contribution is -2.07. The van der Waals surface area contributed by atoms with E-state index in [-0.39, 0.29) is 5.28 Å². The molecule has 0 aliphatic heterocycles. The van der Waals surface area contributed by atoms with Gasteiger partial charge in [0.05, 0.1) is 11.7 Å². The van der Waals surface area contributed by atoms with E-state index in [2.05, 4.69) is 26.5 Å². The van der Waals surface area contributed by atoms with Crippen molar-refractivity contribution in [1.29, 1.82) is 5.26 Å². The van der Waals surface area contributed by atoms with E-state index in [1.807, 2.05) is 45.0 Å². The van der Waals surface area contributed by atoms with Gasteiger partial charge in [-0.3, -0.25) is 0 Å². The lowest BCUT2D eigenvalue weighted by Gasteiger charge is -2.12. The number of halogens is 1. The number of anilines is 2. The molecule has 7 nitrogen and oxygen atoms in total. The lowest BCUT2D eigenvalue weighted by atomic mass is 10.1. The fraction of sp³-hybridized carbons (Fsp3) is 0.150. The van der Waals surface area contributed by atoms with Crippen molar-refractivity contribution in [2.45, 2.75) is 20.8 Å². The third-order valence-electron chi connectivity index (χ3n) is 4.41. The molecule has 0 spiro atoms. The molecule has 0 aliphatic rings. The zero-order valence-corrected chi connectivity index (χ0v) is 16.3. The summed E-state index contributed by atoms with van der Waals surface area (Å²) in [7, 11) is 0. The molecule has 28 heavy (non-hydrogen) atoms. The predicted octanol–water partition coefficient (Wildman–Crippen LogP) is 4.40. The highest BCUT2D eigenvalue weighted by Crippen LogP contribution is 2.27. The second-order valence-electron chi connectivity index (χ2n) is 6.49. The Morgan fingerprint density at radius 2 is 1.89 bits per heavy atom. The maximum Gasteiger partial charge on any atom is 0.224 e. The van der Waals surface area contributed by atoms with Gasteiger partial charge < -0.3 is 5.32 Å². The van der Waals surface area contributed by atoms with Gasteiger partial charge in [0.25, 0.3) is 0 Å². The predicted molar refractivity (Wildman–Crippen MR) is 108 cm³/mol. The first-order valence-electron chi connectivity index (χ1n) is 8.60. The minimum absolute atomic E-state index is 0.127. The van der Waals surface area contributed by atoms with Crippen LogP contribution in [0.1, 0.15) is 22.4 Å². The van der Waals surface area contributed by atoms with Crippen molar-refractivity contribution < 1.29 is 0 Å². The van der Waals surface area contributed by atoms with Crippen molar-refractivity contribution in [2.75, 3.05) is 5.32 Å². The SMILES string of the molecule is Cc1cc(Nc2c(C#N)cnn2-c2cc(C)c3cccc(C)c3n2)nc(Cl)n1. The topological polar surface area (TPSA) is 92.3 Å². The molecule has 138 valence electrons. The quantitative estimate of drug-likeness (QED) is 0.522. The number of hydrogen-bond donors (Lipinski definition) is 1. The van der Waals surface area contributed by atoms with Crippen molar-refractivity contribution >= 4 is 34.1 Å². The van der Waals surface area contributed by atoms with Crippen LogP contribution in [0.5, 0.6) is 0 Å². The fourth-order valence-electron chi connectivity index (χ4n) is 3.09. The number of hydrogen-bond acceptors (Lipinski definition) is 6. The molecule has 0 unspecified atom stereocenters. The second kappa shape index (κ2) is 6.91. The molecule has 0 bridgehead atoms. The van der Waals surface area contributed by atoms with Crippen LogP contribution in [0.15, 0.2) is 36.5 Å². The number of aryl methyl sites for hydroxylation is 3. The van der Waals surface area contributed by atoms with Crippen LogP contribution >= 0.6 is 11.6 Å². The monoisotopic (exact) mass is 389 g/mol. The Hall–Kier alpha value is -3.50. The van der Waals surface area contributed by atoms with E-state index in [9.17, 15) is 5.26 Å². The Bertz CT molecular complexity index is 1230. The molecule has 1 N–H and O–H groups in total. The summed E-state index contributed by atoms with van der Waals surface area (Å²) in [6.45, 7) is 5.87. The molecule has 0 saturated heterocycles. The molecule has 0 saturated carbocycles. The van der Waals surface area contributed by atoms with Crippen LogP contribution in [0.2, 0.25) is 5.28 Å². The largest absolute Gasteiger partial charge is 0.324 e. The number of aromatic nitrogens is 5. The van der Waals surface area contributed by atoms with Gasteiger partial charge >= 0.3 is 0 Å². The van der Waals surface area contributed by atoms with Crippen molar-refractivity contribution in [1.82, 2.24) is 24.7 Å². The van der Waals surface area contributed by atoms with Crippen LogP contribution < -0.4 is 5.32 Å². The summed E-state index contributed by atoms with van der Waals surface area (Å²) in [5.74, 6) is 1.56. The summed E-state index contributed by atoms with van der Waals surface area (Å²) < 4.78 is 1.60. The van der Waals surface area contributed by atoms with Gasteiger partial charge in [0.2, 0.25) is 5.28 Å². The van der Waals surface area contributed by atoms with E-state index in [1.165, 1.54) is 6.20 Å². The molecule has 0 atom stereocenters. The minimum Gasteiger partial charge on any atom is -0.324 e. The van der Waals surface area contributed by atoms with E-state index in [4.69, 9.17) is 16.6 Å².